The first-order valence-corrected chi connectivity index (χ1v) is 9.65. The molecule has 8 heteroatoms. The van der Waals surface area contributed by atoms with Crippen molar-refractivity contribution in [2.75, 3.05) is 19.1 Å². The van der Waals surface area contributed by atoms with E-state index in [1.165, 1.54) is 19.1 Å². The number of benzene rings is 2. The average Bonchev–Trinajstić information content (AvgIpc) is 2.78. The number of halogens is 1. The van der Waals surface area contributed by atoms with Crippen LogP contribution in [0.5, 0.6) is 0 Å². The Morgan fingerprint density at radius 2 is 1.74 bits per heavy atom. The Morgan fingerprint density at radius 3 is 2.29 bits per heavy atom. The molecule has 0 saturated carbocycles. The van der Waals surface area contributed by atoms with E-state index < -0.39 is 17.9 Å². The molecule has 1 atom stereocenters. The molecule has 7 nitrogen and oxygen atoms in total. The monoisotopic (exact) mass is 437 g/mol. The summed E-state index contributed by atoms with van der Waals surface area (Å²) in [5, 5.41) is 10.3. The van der Waals surface area contributed by atoms with Crippen LogP contribution in [0.1, 0.15) is 17.0 Å². The molecule has 2 N–H and O–H groups in total. The van der Waals surface area contributed by atoms with Crippen molar-refractivity contribution < 1.29 is 19.1 Å². The van der Waals surface area contributed by atoms with E-state index in [0.717, 1.165) is 5.56 Å². The Kier molecular flexibility index (Phi) is 6.33. The third kappa shape index (κ3) is 3.86. The Balaban J connectivity index is 2.43. The van der Waals surface area contributed by atoms with E-state index >= 15 is 0 Å². The van der Waals surface area contributed by atoms with Crippen molar-refractivity contribution in [2.24, 2.45) is 5.73 Å². The molecule has 31 heavy (non-hydrogen) atoms. The van der Waals surface area contributed by atoms with Crippen molar-refractivity contribution in [3.63, 3.8) is 0 Å². The highest BCUT2D eigenvalue weighted by Gasteiger charge is 2.43. The molecule has 0 spiro atoms. The van der Waals surface area contributed by atoms with Gasteiger partial charge in [0.25, 0.3) is 0 Å². The summed E-state index contributed by atoms with van der Waals surface area (Å²) < 4.78 is 9.97. The summed E-state index contributed by atoms with van der Waals surface area (Å²) in [6.45, 7) is 1.86. The first kappa shape index (κ1) is 21.9. The highest BCUT2D eigenvalue weighted by atomic mass is 35.5. The maximum absolute atomic E-state index is 12.9. The number of aryl methyl sites for hydroxylation is 1. The first-order valence-electron chi connectivity index (χ1n) is 9.27. The van der Waals surface area contributed by atoms with Crippen molar-refractivity contribution in [3.05, 3.63) is 87.3 Å². The van der Waals surface area contributed by atoms with Crippen molar-refractivity contribution in [2.45, 2.75) is 12.8 Å². The highest BCUT2D eigenvalue weighted by molar-refractivity contribution is 6.33. The smallest absolute Gasteiger partial charge is 0.355 e. The molecule has 0 radical (unpaired) electrons. The van der Waals surface area contributed by atoms with Crippen LogP contribution < -0.4 is 10.6 Å². The largest absolute Gasteiger partial charge is 0.466 e. The fraction of sp³-hybridized carbons (Fsp3) is 0.174. The van der Waals surface area contributed by atoms with E-state index in [4.69, 9.17) is 26.8 Å². The summed E-state index contributed by atoms with van der Waals surface area (Å²) in [6, 6.07) is 16.0. The third-order valence-corrected chi connectivity index (χ3v) is 5.26. The number of hydrogen-bond acceptors (Lipinski definition) is 7. The molecule has 0 aromatic heterocycles. The molecule has 1 heterocycles. The van der Waals surface area contributed by atoms with E-state index in [2.05, 4.69) is 6.07 Å². The van der Waals surface area contributed by atoms with Crippen LogP contribution in [0, 0.1) is 18.3 Å². The molecule has 0 saturated heterocycles. The molecule has 0 aliphatic carbocycles. The van der Waals surface area contributed by atoms with Crippen molar-refractivity contribution in [1.82, 2.24) is 0 Å². The van der Waals surface area contributed by atoms with Gasteiger partial charge in [0.15, 0.2) is 0 Å². The molecule has 1 aliphatic rings. The van der Waals surface area contributed by atoms with E-state index in [1.807, 2.05) is 6.92 Å². The second-order valence-electron chi connectivity index (χ2n) is 6.79. The molecule has 1 aliphatic heterocycles. The van der Waals surface area contributed by atoms with Gasteiger partial charge in [-0.2, -0.15) is 5.26 Å². The minimum Gasteiger partial charge on any atom is -0.466 e. The molecule has 158 valence electrons. The normalized spacial score (nSPS) is 16.1. The lowest BCUT2D eigenvalue weighted by molar-refractivity contribution is -0.139. The highest BCUT2D eigenvalue weighted by Crippen LogP contribution is 2.44. The summed E-state index contributed by atoms with van der Waals surface area (Å²) in [7, 11) is 2.39. The van der Waals surface area contributed by atoms with Gasteiger partial charge in [-0.15, -0.1) is 0 Å². The summed E-state index contributed by atoms with van der Waals surface area (Å²) in [5.41, 5.74) is 8.07. The standard InChI is InChI=1S/C23H20ClN3O4/c1-13-9-10-17(16(24)11-13)27-20(23(29)31-3)19(22(28)30-2)18(15(12-25)21(27)26)14-7-5-4-6-8-14/h4-11,18H,26H2,1-3H3. The zero-order valence-corrected chi connectivity index (χ0v) is 17.9. The quantitative estimate of drug-likeness (QED) is 0.729. The van der Waals surface area contributed by atoms with Gasteiger partial charge in [0.1, 0.15) is 11.5 Å². The van der Waals surface area contributed by atoms with Gasteiger partial charge in [0.05, 0.1) is 48.1 Å². The van der Waals surface area contributed by atoms with Gasteiger partial charge in [-0.1, -0.05) is 48.0 Å². The summed E-state index contributed by atoms with van der Waals surface area (Å²) in [5.74, 6) is -2.57. The van der Waals surface area contributed by atoms with Gasteiger partial charge in [-0.25, -0.2) is 9.59 Å². The Morgan fingerprint density at radius 1 is 1.10 bits per heavy atom. The zero-order chi connectivity index (χ0) is 22.7. The number of nitriles is 1. The zero-order valence-electron chi connectivity index (χ0n) is 17.2. The second-order valence-corrected chi connectivity index (χ2v) is 7.20. The predicted octanol–water partition coefficient (Wildman–Crippen LogP) is 3.55. The lowest BCUT2D eigenvalue weighted by atomic mass is 9.81. The van der Waals surface area contributed by atoms with Gasteiger partial charge >= 0.3 is 11.9 Å². The third-order valence-electron chi connectivity index (χ3n) is 4.95. The lowest BCUT2D eigenvalue weighted by Gasteiger charge is -2.36. The van der Waals surface area contributed by atoms with Gasteiger partial charge < -0.3 is 15.2 Å². The number of hydrogen-bond donors (Lipinski definition) is 1. The van der Waals surface area contributed by atoms with Crippen LogP contribution in [0.4, 0.5) is 5.69 Å². The van der Waals surface area contributed by atoms with Gasteiger partial charge in [-0.05, 0) is 30.2 Å². The van der Waals surface area contributed by atoms with E-state index in [-0.39, 0.29) is 27.7 Å². The average molecular weight is 438 g/mol. The molecule has 0 bridgehead atoms. The number of carbonyl (C=O) groups is 2. The van der Waals surface area contributed by atoms with E-state index in [1.54, 1.807) is 48.5 Å². The summed E-state index contributed by atoms with van der Waals surface area (Å²) in [6.07, 6.45) is 0. The van der Waals surface area contributed by atoms with E-state index in [0.29, 0.717) is 11.3 Å². The molecule has 0 fully saturated rings. The van der Waals surface area contributed by atoms with Crippen LogP contribution in [-0.4, -0.2) is 26.2 Å². The first-order chi connectivity index (χ1) is 14.8. The van der Waals surface area contributed by atoms with E-state index in [9.17, 15) is 14.9 Å². The predicted molar refractivity (Wildman–Crippen MR) is 116 cm³/mol. The Hall–Kier alpha value is -3.76. The van der Waals surface area contributed by atoms with Gasteiger partial charge in [0.2, 0.25) is 0 Å². The fourth-order valence-electron chi connectivity index (χ4n) is 3.56. The SMILES string of the molecule is COC(=O)C1=C(C(=O)OC)N(c2ccc(C)cc2Cl)C(N)=C(C#N)C1c1ccccc1. The number of carbonyl (C=O) groups excluding carboxylic acids is 2. The number of nitrogens with two attached hydrogens (primary N) is 1. The summed E-state index contributed by atoms with van der Waals surface area (Å²) in [4.78, 5) is 27.2. The summed E-state index contributed by atoms with van der Waals surface area (Å²) >= 11 is 6.45. The van der Waals surface area contributed by atoms with Crippen molar-refractivity contribution in [1.29, 1.82) is 5.26 Å². The second kappa shape index (κ2) is 8.94. The van der Waals surface area contributed by atoms with Gasteiger partial charge in [-0.3, -0.25) is 4.90 Å². The molecule has 2 aromatic rings. The number of anilines is 1. The number of ether oxygens (including phenoxy) is 2. The molecular formula is C23H20ClN3O4. The minimum absolute atomic E-state index is 0.0323. The van der Waals surface area contributed by atoms with Crippen LogP contribution in [0.25, 0.3) is 0 Å². The molecule has 0 amide bonds. The van der Waals surface area contributed by atoms with Crippen LogP contribution in [0.3, 0.4) is 0 Å². The van der Waals surface area contributed by atoms with Gasteiger partial charge in [0, 0.05) is 0 Å². The Bertz CT molecular complexity index is 1150. The van der Waals surface area contributed by atoms with Crippen LogP contribution >= 0.6 is 11.6 Å². The fourth-order valence-corrected chi connectivity index (χ4v) is 3.88. The lowest BCUT2D eigenvalue weighted by Crippen LogP contribution is -2.40. The topological polar surface area (TPSA) is 106 Å². The van der Waals surface area contributed by atoms with Crippen LogP contribution in [0.15, 0.2) is 71.2 Å². The number of rotatable bonds is 4. The van der Waals surface area contributed by atoms with Crippen LogP contribution in [0.2, 0.25) is 5.02 Å². The number of nitrogens with zero attached hydrogens (tertiary/aromatic N) is 2. The number of methoxy groups -OCH3 is 2. The molecular weight excluding hydrogens is 418 g/mol. The number of esters is 2. The van der Waals surface area contributed by atoms with Crippen molar-refractivity contribution >= 4 is 29.2 Å². The van der Waals surface area contributed by atoms with Crippen LogP contribution in [-0.2, 0) is 19.1 Å². The van der Waals surface area contributed by atoms with Crippen molar-refractivity contribution in [3.8, 4) is 6.07 Å². The minimum atomic E-state index is -0.923. The maximum Gasteiger partial charge on any atom is 0.355 e. The molecule has 3 rings (SSSR count). The molecule has 1 unspecified atom stereocenters. The molecule has 2 aromatic carbocycles. The maximum atomic E-state index is 12.9. The number of allylic oxidation sites excluding steroid dienone is 1. The Labute approximate surface area is 184 Å².